The largest absolute Gasteiger partial charge is 0.385 e. The van der Waals surface area contributed by atoms with Crippen LogP contribution < -0.4 is 0 Å². The molecule has 0 spiro atoms. The van der Waals surface area contributed by atoms with E-state index < -0.39 is 23.1 Å². The second-order valence-corrected chi connectivity index (χ2v) is 5.16. The van der Waals surface area contributed by atoms with Gasteiger partial charge in [0, 0.05) is 6.42 Å². The second kappa shape index (κ2) is 5.29. The van der Waals surface area contributed by atoms with Gasteiger partial charge in [0.05, 0.1) is 5.60 Å². The maximum atomic E-state index is 13.5. The maximum Gasteiger partial charge on any atom is 0.159 e. The first kappa shape index (κ1) is 14.6. The summed E-state index contributed by atoms with van der Waals surface area (Å²) < 4.78 is 39.6. The first-order valence-corrected chi connectivity index (χ1v) is 6.22. The molecule has 0 aromatic heterocycles. The summed E-state index contributed by atoms with van der Waals surface area (Å²) in [6.07, 6.45) is 0.0622. The van der Waals surface area contributed by atoms with Crippen molar-refractivity contribution in [1.29, 1.82) is 0 Å². The van der Waals surface area contributed by atoms with Crippen LogP contribution >= 0.6 is 0 Å². The molecule has 20 heavy (non-hydrogen) atoms. The predicted octanol–water partition coefficient (Wildman–Crippen LogP) is 3.86. The fraction of sp³-hybridized carbons (Fsp3) is 0.250. The second-order valence-electron chi connectivity index (χ2n) is 5.16. The fourth-order valence-corrected chi connectivity index (χ4v) is 2.08. The fourth-order valence-electron chi connectivity index (χ4n) is 2.08. The van der Waals surface area contributed by atoms with E-state index in [2.05, 4.69) is 0 Å². The minimum atomic E-state index is -1.36. The molecule has 0 amide bonds. The molecule has 4 heteroatoms. The van der Waals surface area contributed by atoms with Crippen molar-refractivity contribution in [2.75, 3.05) is 0 Å². The third-order valence-corrected chi connectivity index (χ3v) is 3.33. The number of rotatable bonds is 3. The first-order valence-electron chi connectivity index (χ1n) is 6.22. The first-order chi connectivity index (χ1) is 9.29. The molecule has 1 N–H and O–H groups in total. The highest BCUT2D eigenvalue weighted by Gasteiger charge is 2.24. The Morgan fingerprint density at radius 1 is 0.950 bits per heavy atom. The van der Waals surface area contributed by atoms with Crippen LogP contribution in [0.1, 0.15) is 23.6 Å². The van der Waals surface area contributed by atoms with E-state index >= 15 is 0 Å². The molecule has 0 bridgehead atoms. The normalized spacial score (nSPS) is 14.1. The van der Waals surface area contributed by atoms with Gasteiger partial charge >= 0.3 is 0 Å². The van der Waals surface area contributed by atoms with Gasteiger partial charge in [0.2, 0.25) is 0 Å². The zero-order chi connectivity index (χ0) is 14.9. The van der Waals surface area contributed by atoms with Crippen molar-refractivity contribution in [1.82, 2.24) is 0 Å². The molecule has 2 rings (SSSR count). The summed E-state index contributed by atoms with van der Waals surface area (Å²) >= 11 is 0. The van der Waals surface area contributed by atoms with Gasteiger partial charge in [-0.2, -0.15) is 0 Å². The van der Waals surface area contributed by atoms with Crippen LogP contribution in [0.25, 0.3) is 0 Å². The average molecular weight is 280 g/mol. The molecule has 2 aromatic carbocycles. The number of hydrogen-bond donors (Lipinski definition) is 1. The molecule has 0 aliphatic carbocycles. The number of aliphatic hydroxyl groups is 1. The van der Waals surface area contributed by atoms with Gasteiger partial charge in [-0.3, -0.25) is 0 Å². The lowest BCUT2D eigenvalue weighted by atomic mass is 9.88. The summed E-state index contributed by atoms with van der Waals surface area (Å²) in [7, 11) is 0. The summed E-state index contributed by atoms with van der Waals surface area (Å²) in [4.78, 5) is 0. The SMILES string of the molecule is Cc1ccc(C(C)(O)Cc2ccc(F)c(F)c2)cc1F. The topological polar surface area (TPSA) is 20.2 Å². The van der Waals surface area contributed by atoms with Gasteiger partial charge in [-0.1, -0.05) is 18.2 Å². The van der Waals surface area contributed by atoms with Crippen LogP contribution in [-0.4, -0.2) is 5.11 Å². The Morgan fingerprint density at radius 2 is 1.65 bits per heavy atom. The Hall–Kier alpha value is -1.81. The van der Waals surface area contributed by atoms with E-state index in [0.717, 1.165) is 12.1 Å². The minimum Gasteiger partial charge on any atom is -0.385 e. The molecule has 0 saturated carbocycles. The molecule has 1 atom stereocenters. The van der Waals surface area contributed by atoms with Crippen molar-refractivity contribution in [3.05, 3.63) is 70.5 Å². The van der Waals surface area contributed by atoms with Crippen molar-refractivity contribution >= 4 is 0 Å². The Bertz CT molecular complexity index is 636. The Morgan fingerprint density at radius 3 is 2.25 bits per heavy atom. The molecule has 106 valence electrons. The van der Waals surface area contributed by atoms with Crippen LogP contribution in [0.5, 0.6) is 0 Å². The van der Waals surface area contributed by atoms with Crippen molar-refractivity contribution in [3.8, 4) is 0 Å². The van der Waals surface area contributed by atoms with Crippen molar-refractivity contribution in [3.63, 3.8) is 0 Å². The third-order valence-electron chi connectivity index (χ3n) is 3.33. The molecule has 1 nitrogen and oxygen atoms in total. The van der Waals surface area contributed by atoms with Crippen LogP contribution in [0.4, 0.5) is 13.2 Å². The average Bonchev–Trinajstić information content (AvgIpc) is 2.37. The number of halogens is 3. The van der Waals surface area contributed by atoms with Crippen LogP contribution in [-0.2, 0) is 12.0 Å². The van der Waals surface area contributed by atoms with Gasteiger partial charge in [0.15, 0.2) is 11.6 Å². The zero-order valence-corrected chi connectivity index (χ0v) is 11.3. The predicted molar refractivity (Wildman–Crippen MR) is 70.8 cm³/mol. The van der Waals surface area contributed by atoms with Gasteiger partial charge < -0.3 is 5.11 Å². The highest BCUT2D eigenvalue weighted by Crippen LogP contribution is 2.27. The molecule has 0 radical (unpaired) electrons. The van der Waals surface area contributed by atoms with Crippen LogP contribution in [0.2, 0.25) is 0 Å². The van der Waals surface area contributed by atoms with Gasteiger partial charge in [-0.25, -0.2) is 13.2 Å². The molecular weight excluding hydrogens is 265 g/mol. The van der Waals surface area contributed by atoms with E-state index in [-0.39, 0.29) is 6.42 Å². The number of aryl methyl sites for hydroxylation is 1. The van der Waals surface area contributed by atoms with E-state index in [1.807, 2.05) is 0 Å². The summed E-state index contributed by atoms with van der Waals surface area (Å²) in [5.41, 5.74) is -0.0451. The van der Waals surface area contributed by atoms with Crippen LogP contribution in [0.15, 0.2) is 36.4 Å². The standard InChI is InChI=1S/C16H15F3O/c1-10-3-5-12(8-14(10)18)16(2,20)9-11-4-6-13(17)15(19)7-11/h3-8,20H,9H2,1-2H3. The molecular formula is C16H15F3O. The van der Waals surface area contributed by atoms with Gasteiger partial charge in [0.1, 0.15) is 5.82 Å². The van der Waals surface area contributed by atoms with Crippen molar-refractivity contribution in [2.24, 2.45) is 0 Å². The number of hydrogen-bond acceptors (Lipinski definition) is 1. The number of benzene rings is 2. The van der Waals surface area contributed by atoms with Gasteiger partial charge in [-0.05, 0) is 48.7 Å². The third kappa shape index (κ3) is 3.02. The van der Waals surface area contributed by atoms with Crippen molar-refractivity contribution < 1.29 is 18.3 Å². The zero-order valence-electron chi connectivity index (χ0n) is 11.3. The molecule has 2 aromatic rings. The highest BCUT2D eigenvalue weighted by atomic mass is 19.2. The quantitative estimate of drug-likeness (QED) is 0.905. The summed E-state index contributed by atoms with van der Waals surface area (Å²) in [6.45, 7) is 3.14. The molecule has 0 saturated heterocycles. The Labute approximate surface area is 115 Å². The van der Waals surface area contributed by atoms with Crippen LogP contribution in [0, 0.1) is 24.4 Å². The van der Waals surface area contributed by atoms with E-state index in [1.54, 1.807) is 19.1 Å². The lowest BCUT2D eigenvalue weighted by molar-refractivity contribution is 0.0572. The van der Waals surface area contributed by atoms with Gasteiger partial charge in [0.25, 0.3) is 0 Å². The summed E-state index contributed by atoms with van der Waals surface area (Å²) in [6, 6.07) is 7.90. The van der Waals surface area contributed by atoms with E-state index in [1.165, 1.54) is 19.1 Å². The Kier molecular flexibility index (Phi) is 3.86. The maximum absolute atomic E-state index is 13.5. The van der Waals surface area contributed by atoms with E-state index in [9.17, 15) is 18.3 Å². The van der Waals surface area contributed by atoms with Crippen molar-refractivity contribution in [2.45, 2.75) is 25.9 Å². The minimum absolute atomic E-state index is 0.0622. The van der Waals surface area contributed by atoms with Gasteiger partial charge in [-0.15, -0.1) is 0 Å². The van der Waals surface area contributed by atoms with E-state index in [0.29, 0.717) is 16.7 Å². The monoisotopic (exact) mass is 280 g/mol. The molecule has 0 heterocycles. The lowest BCUT2D eigenvalue weighted by Crippen LogP contribution is -2.24. The smallest absolute Gasteiger partial charge is 0.159 e. The summed E-state index contributed by atoms with van der Waals surface area (Å²) in [5, 5.41) is 10.4. The molecule has 0 fully saturated rings. The van der Waals surface area contributed by atoms with E-state index in [4.69, 9.17) is 0 Å². The molecule has 0 aliphatic rings. The Balaban J connectivity index is 2.29. The lowest BCUT2D eigenvalue weighted by Gasteiger charge is -2.24. The summed E-state index contributed by atoms with van der Waals surface area (Å²) in [5.74, 6) is -2.31. The highest BCUT2D eigenvalue weighted by molar-refractivity contribution is 5.30. The van der Waals surface area contributed by atoms with Crippen LogP contribution in [0.3, 0.4) is 0 Å². The molecule has 0 aliphatic heterocycles. The molecule has 1 unspecified atom stereocenters.